The van der Waals surface area contributed by atoms with Crippen molar-refractivity contribution in [3.63, 3.8) is 0 Å². The maximum atomic E-state index is 5.80. The Hall–Kier alpha value is -0.700. The molecule has 0 saturated heterocycles. The molecule has 0 spiro atoms. The van der Waals surface area contributed by atoms with Crippen molar-refractivity contribution in [1.82, 2.24) is 0 Å². The molecule has 0 amide bonds. The molecule has 1 aliphatic carbocycles. The standard InChI is InChI=1S/C11H13BrO2/c1-13-10-6-5-8(12)7-11(10)14-9-3-2-4-9/h5-7,9H,2-4H2,1H3. The second-order valence-electron chi connectivity index (χ2n) is 3.47. The van der Waals surface area contributed by atoms with E-state index in [-0.39, 0.29) is 0 Å². The van der Waals surface area contributed by atoms with Crippen molar-refractivity contribution in [2.24, 2.45) is 0 Å². The predicted molar refractivity (Wildman–Crippen MR) is 59.0 cm³/mol. The summed E-state index contributed by atoms with van der Waals surface area (Å²) in [6.07, 6.45) is 3.99. The first-order valence-corrected chi connectivity index (χ1v) is 5.59. The van der Waals surface area contributed by atoms with Gasteiger partial charge in [0.15, 0.2) is 11.5 Å². The minimum absolute atomic E-state index is 0.387. The van der Waals surface area contributed by atoms with E-state index in [0.717, 1.165) is 28.8 Å². The van der Waals surface area contributed by atoms with Crippen molar-refractivity contribution in [3.05, 3.63) is 22.7 Å². The Morgan fingerprint density at radius 1 is 1.29 bits per heavy atom. The third kappa shape index (κ3) is 2.03. The Morgan fingerprint density at radius 3 is 2.64 bits per heavy atom. The van der Waals surface area contributed by atoms with Crippen molar-refractivity contribution < 1.29 is 9.47 Å². The quantitative estimate of drug-likeness (QED) is 0.826. The zero-order valence-electron chi connectivity index (χ0n) is 8.13. The van der Waals surface area contributed by atoms with E-state index in [1.165, 1.54) is 6.42 Å². The van der Waals surface area contributed by atoms with Gasteiger partial charge in [0.2, 0.25) is 0 Å². The van der Waals surface area contributed by atoms with Gasteiger partial charge < -0.3 is 9.47 Å². The van der Waals surface area contributed by atoms with E-state index in [9.17, 15) is 0 Å². The molecule has 0 bridgehead atoms. The smallest absolute Gasteiger partial charge is 0.162 e. The van der Waals surface area contributed by atoms with Crippen LogP contribution in [-0.2, 0) is 0 Å². The summed E-state index contributed by atoms with van der Waals surface area (Å²) in [7, 11) is 1.66. The van der Waals surface area contributed by atoms with Crippen LogP contribution < -0.4 is 9.47 Å². The third-order valence-corrected chi connectivity index (χ3v) is 2.96. The van der Waals surface area contributed by atoms with Gasteiger partial charge in [0, 0.05) is 4.47 Å². The summed E-state index contributed by atoms with van der Waals surface area (Å²) in [5.74, 6) is 1.65. The molecule has 14 heavy (non-hydrogen) atoms. The third-order valence-electron chi connectivity index (χ3n) is 2.47. The Balaban J connectivity index is 2.15. The summed E-state index contributed by atoms with van der Waals surface area (Å²) in [6, 6.07) is 5.82. The highest BCUT2D eigenvalue weighted by Gasteiger charge is 2.20. The fraction of sp³-hybridized carbons (Fsp3) is 0.455. The Labute approximate surface area is 92.3 Å². The Kier molecular flexibility index (Phi) is 2.96. The van der Waals surface area contributed by atoms with Gasteiger partial charge in [-0.3, -0.25) is 0 Å². The second-order valence-corrected chi connectivity index (χ2v) is 4.38. The van der Waals surface area contributed by atoms with Gasteiger partial charge in [0.1, 0.15) is 0 Å². The summed E-state index contributed by atoms with van der Waals surface area (Å²) >= 11 is 3.42. The molecule has 0 heterocycles. The fourth-order valence-electron chi connectivity index (χ4n) is 1.41. The largest absolute Gasteiger partial charge is 0.493 e. The molecule has 0 aromatic heterocycles. The SMILES string of the molecule is COc1ccc(Br)cc1OC1CCC1. The molecule has 3 heteroatoms. The highest BCUT2D eigenvalue weighted by Crippen LogP contribution is 2.34. The summed E-state index contributed by atoms with van der Waals surface area (Å²) < 4.78 is 12.0. The van der Waals surface area contributed by atoms with Crippen LogP contribution in [0.3, 0.4) is 0 Å². The second kappa shape index (κ2) is 4.22. The van der Waals surface area contributed by atoms with E-state index >= 15 is 0 Å². The molecule has 1 aliphatic rings. The van der Waals surface area contributed by atoms with Gasteiger partial charge in [0.05, 0.1) is 13.2 Å². The van der Waals surface area contributed by atoms with Gasteiger partial charge >= 0.3 is 0 Å². The van der Waals surface area contributed by atoms with E-state index < -0.39 is 0 Å². The molecule has 2 rings (SSSR count). The number of rotatable bonds is 3. The molecule has 1 fully saturated rings. The maximum Gasteiger partial charge on any atom is 0.162 e. The predicted octanol–water partition coefficient (Wildman–Crippen LogP) is 3.39. The lowest BCUT2D eigenvalue weighted by Gasteiger charge is -2.27. The Bertz CT molecular complexity index is 321. The summed E-state index contributed by atoms with van der Waals surface area (Å²) in [4.78, 5) is 0. The van der Waals surface area contributed by atoms with Crippen LogP contribution >= 0.6 is 15.9 Å². The van der Waals surface area contributed by atoms with Crippen molar-refractivity contribution in [2.75, 3.05) is 7.11 Å². The number of benzene rings is 1. The summed E-state index contributed by atoms with van der Waals surface area (Å²) in [5, 5.41) is 0. The van der Waals surface area contributed by atoms with E-state index in [1.807, 2.05) is 18.2 Å². The van der Waals surface area contributed by atoms with Crippen LogP contribution in [0.25, 0.3) is 0 Å². The molecule has 2 nitrogen and oxygen atoms in total. The molecule has 0 unspecified atom stereocenters. The molecule has 1 aromatic rings. The van der Waals surface area contributed by atoms with Gasteiger partial charge in [0.25, 0.3) is 0 Å². The summed E-state index contributed by atoms with van der Waals surface area (Å²) in [5.41, 5.74) is 0. The van der Waals surface area contributed by atoms with Crippen LogP contribution in [0.15, 0.2) is 22.7 Å². The highest BCUT2D eigenvalue weighted by atomic mass is 79.9. The fourth-order valence-corrected chi connectivity index (χ4v) is 1.75. The van der Waals surface area contributed by atoms with Crippen LogP contribution in [-0.4, -0.2) is 13.2 Å². The number of ether oxygens (including phenoxy) is 2. The van der Waals surface area contributed by atoms with Crippen molar-refractivity contribution in [2.45, 2.75) is 25.4 Å². The molecule has 0 atom stereocenters. The maximum absolute atomic E-state index is 5.80. The summed E-state index contributed by atoms with van der Waals surface area (Å²) in [6.45, 7) is 0. The number of hydrogen-bond acceptors (Lipinski definition) is 2. The molecule has 0 aliphatic heterocycles. The minimum Gasteiger partial charge on any atom is -0.493 e. The number of halogens is 1. The van der Waals surface area contributed by atoms with Gasteiger partial charge in [-0.2, -0.15) is 0 Å². The minimum atomic E-state index is 0.387. The number of hydrogen-bond donors (Lipinski definition) is 0. The van der Waals surface area contributed by atoms with Crippen LogP contribution in [0.2, 0.25) is 0 Å². The van der Waals surface area contributed by atoms with E-state index in [0.29, 0.717) is 6.10 Å². The lowest BCUT2D eigenvalue weighted by Crippen LogP contribution is -2.24. The molecule has 0 N–H and O–H groups in total. The number of methoxy groups -OCH3 is 1. The first-order valence-electron chi connectivity index (χ1n) is 4.80. The normalized spacial score (nSPS) is 16.1. The van der Waals surface area contributed by atoms with Crippen molar-refractivity contribution >= 4 is 15.9 Å². The lowest BCUT2D eigenvalue weighted by molar-refractivity contribution is 0.116. The van der Waals surface area contributed by atoms with Crippen LogP contribution in [0.4, 0.5) is 0 Å². The molecule has 0 radical (unpaired) electrons. The molecular weight excluding hydrogens is 244 g/mol. The molecule has 1 saturated carbocycles. The average molecular weight is 257 g/mol. The van der Waals surface area contributed by atoms with Crippen molar-refractivity contribution in [3.8, 4) is 11.5 Å². The van der Waals surface area contributed by atoms with E-state index in [1.54, 1.807) is 7.11 Å². The molecular formula is C11H13BrO2. The first kappa shape index (κ1) is 9.84. The molecule has 76 valence electrons. The highest BCUT2D eigenvalue weighted by molar-refractivity contribution is 9.10. The van der Waals surface area contributed by atoms with Gasteiger partial charge in [-0.1, -0.05) is 15.9 Å². The lowest BCUT2D eigenvalue weighted by atomic mass is 9.96. The van der Waals surface area contributed by atoms with Gasteiger partial charge in [-0.15, -0.1) is 0 Å². The van der Waals surface area contributed by atoms with E-state index in [2.05, 4.69) is 15.9 Å². The van der Waals surface area contributed by atoms with Gasteiger partial charge in [-0.25, -0.2) is 0 Å². The topological polar surface area (TPSA) is 18.5 Å². The van der Waals surface area contributed by atoms with Crippen LogP contribution in [0, 0.1) is 0 Å². The first-order chi connectivity index (χ1) is 6.79. The average Bonchev–Trinajstić information content (AvgIpc) is 2.12. The van der Waals surface area contributed by atoms with Crippen molar-refractivity contribution in [1.29, 1.82) is 0 Å². The zero-order valence-corrected chi connectivity index (χ0v) is 9.71. The zero-order chi connectivity index (χ0) is 9.97. The van der Waals surface area contributed by atoms with E-state index in [4.69, 9.17) is 9.47 Å². The molecule has 1 aromatic carbocycles. The monoisotopic (exact) mass is 256 g/mol. The Morgan fingerprint density at radius 2 is 2.07 bits per heavy atom. The van der Waals surface area contributed by atoms with Gasteiger partial charge in [-0.05, 0) is 37.5 Å². The van der Waals surface area contributed by atoms with Crippen LogP contribution in [0.5, 0.6) is 11.5 Å². The van der Waals surface area contributed by atoms with Crippen LogP contribution in [0.1, 0.15) is 19.3 Å².